The Bertz CT molecular complexity index is 568. The molecule has 2 atom stereocenters. The zero-order chi connectivity index (χ0) is 12.2. The highest BCUT2D eigenvalue weighted by Crippen LogP contribution is 2.49. The number of nitrogens with zero attached hydrogens (tertiary/aromatic N) is 2. The lowest BCUT2D eigenvalue weighted by Gasteiger charge is -2.18. The molecule has 3 rings (SSSR count). The van der Waals surface area contributed by atoms with Crippen molar-refractivity contribution in [3.8, 4) is 6.07 Å². The molecule has 2 fully saturated rings. The van der Waals surface area contributed by atoms with E-state index in [2.05, 4.69) is 0 Å². The molecular formula is C12H9N3O2. The van der Waals surface area contributed by atoms with Crippen LogP contribution in [0.3, 0.4) is 0 Å². The number of rotatable bonds is 1. The van der Waals surface area contributed by atoms with Crippen LogP contribution in [0, 0.1) is 23.2 Å². The van der Waals surface area contributed by atoms with Crippen LogP contribution in [0.1, 0.15) is 12.0 Å². The summed E-state index contributed by atoms with van der Waals surface area (Å²) in [4.78, 5) is 24.8. The van der Waals surface area contributed by atoms with Crippen molar-refractivity contribution in [1.29, 1.82) is 5.26 Å². The minimum atomic E-state index is -0.170. The average Bonchev–Trinajstić information content (AvgIpc) is 3.06. The van der Waals surface area contributed by atoms with Crippen molar-refractivity contribution in [2.45, 2.75) is 6.42 Å². The third-order valence-corrected chi connectivity index (χ3v) is 3.26. The van der Waals surface area contributed by atoms with Gasteiger partial charge in [0.15, 0.2) is 0 Å². The average molecular weight is 227 g/mol. The number of benzene rings is 1. The van der Waals surface area contributed by atoms with Crippen molar-refractivity contribution in [2.24, 2.45) is 11.8 Å². The number of carbonyl (C=O) groups excluding carboxylic acids is 2. The maximum absolute atomic E-state index is 11.8. The van der Waals surface area contributed by atoms with Crippen LogP contribution in [0.25, 0.3) is 0 Å². The van der Waals surface area contributed by atoms with Crippen molar-refractivity contribution in [3.63, 3.8) is 0 Å². The highest BCUT2D eigenvalue weighted by Gasteiger charge is 2.59. The summed E-state index contributed by atoms with van der Waals surface area (Å²) < 4.78 is 0. The maximum Gasteiger partial charge on any atom is 0.237 e. The number of nitrogens with two attached hydrogens (primary N) is 1. The van der Waals surface area contributed by atoms with Gasteiger partial charge in [-0.05, 0) is 24.6 Å². The monoisotopic (exact) mass is 227 g/mol. The van der Waals surface area contributed by atoms with Crippen LogP contribution < -0.4 is 10.6 Å². The smallest absolute Gasteiger partial charge is 0.237 e. The van der Waals surface area contributed by atoms with E-state index in [1.165, 1.54) is 6.07 Å². The van der Waals surface area contributed by atoms with Gasteiger partial charge < -0.3 is 5.73 Å². The molecule has 0 radical (unpaired) electrons. The number of amides is 2. The first-order chi connectivity index (χ1) is 8.13. The van der Waals surface area contributed by atoms with Crippen LogP contribution in [-0.4, -0.2) is 11.8 Å². The van der Waals surface area contributed by atoms with Crippen LogP contribution >= 0.6 is 0 Å². The van der Waals surface area contributed by atoms with Crippen molar-refractivity contribution in [2.75, 3.05) is 10.6 Å². The number of hydrogen-bond donors (Lipinski definition) is 1. The zero-order valence-corrected chi connectivity index (χ0v) is 8.88. The van der Waals surface area contributed by atoms with Crippen molar-refractivity contribution in [3.05, 3.63) is 23.8 Å². The molecule has 5 nitrogen and oxygen atoms in total. The highest BCUT2D eigenvalue weighted by molar-refractivity contribution is 6.25. The van der Waals surface area contributed by atoms with Gasteiger partial charge in [-0.15, -0.1) is 0 Å². The Hall–Kier alpha value is -2.35. The molecule has 1 saturated heterocycles. The van der Waals surface area contributed by atoms with E-state index >= 15 is 0 Å². The highest BCUT2D eigenvalue weighted by atomic mass is 16.2. The van der Waals surface area contributed by atoms with Crippen LogP contribution in [0.2, 0.25) is 0 Å². The van der Waals surface area contributed by atoms with E-state index in [1.54, 1.807) is 12.1 Å². The van der Waals surface area contributed by atoms with Gasteiger partial charge in [0.1, 0.15) is 0 Å². The molecule has 1 aliphatic heterocycles. The lowest BCUT2D eigenvalue weighted by Crippen LogP contribution is -2.33. The molecule has 0 bridgehead atoms. The van der Waals surface area contributed by atoms with Gasteiger partial charge in [-0.25, -0.2) is 4.90 Å². The summed E-state index contributed by atoms with van der Waals surface area (Å²) in [5.74, 6) is -0.622. The Balaban J connectivity index is 2.03. The van der Waals surface area contributed by atoms with Crippen molar-refractivity contribution in [1.82, 2.24) is 0 Å². The molecule has 17 heavy (non-hydrogen) atoms. The van der Waals surface area contributed by atoms with Gasteiger partial charge in [-0.1, -0.05) is 0 Å². The minimum absolute atomic E-state index is 0.141. The number of nitriles is 1. The van der Waals surface area contributed by atoms with Crippen LogP contribution in [0.4, 0.5) is 11.4 Å². The molecule has 1 aromatic carbocycles. The molecule has 84 valence electrons. The van der Waals surface area contributed by atoms with Crippen LogP contribution in [0.5, 0.6) is 0 Å². The molecular weight excluding hydrogens is 218 g/mol. The van der Waals surface area contributed by atoms with Crippen LogP contribution in [-0.2, 0) is 9.59 Å². The molecule has 1 aliphatic carbocycles. The minimum Gasteiger partial charge on any atom is -0.397 e. The molecule has 1 saturated carbocycles. The molecule has 2 N–H and O–H groups in total. The Labute approximate surface area is 97.4 Å². The molecule has 1 aromatic rings. The topological polar surface area (TPSA) is 87.2 Å². The second-order valence-electron chi connectivity index (χ2n) is 4.35. The van der Waals surface area contributed by atoms with Gasteiger partial charge in [0.25, 0.3) is 0 Å². The van der Waals surface area contributed by atoms with Gasteiger partial charge in [0.05, 0.1) is 34.8 Å². The summed E-state index contributed by atoms with van der Waals surface area (Å²) in [7, 11) is 0. The molecule has 2 unspecified atom stereocenters. The summed E-state index contributed by atoms with van der Waals surface area (Å²) in [5, 5.41) is 8.72. The largest absolute Gasteiger partial charge is 0.397 e. The van der Waals surface area contributed by atoms with Gasteiger partial charge >= 0.3 is 0 Å². The maximum atomic E-state index is 11.8. The number of fused-ring (bicyclic) bond motifs is 1. The fraction of sp³-hybridized carbons (Fsp3) is 0.250. The standard InChI is InChI=1S/C12H9N3O2/c13-5-6-1-2-10(9(14)3-6)15-11(16)7-4-8(7)12(15)17/h1-3,7-8H,4,14H2. The van der Waals surface area contributed by atoms with Gasteiger partial charge in [-0.2, -0.15) is 5.26 Å². The van der Waals surface area contributed by atoms with E-state index in [4.69, 9.17) is 11.0 Å². The van der Waals surface area contributed by atoms with E-state index in [-0.39, 0.29) is 29.3 Å². The third-order valence-electron chi connectivity index (χ3n) is 3.26. The summed E-state index contributed by atoms with van der Waals surface area (Å²) >= 11 is 0. The lowest BCUT2D eigenvalue weighted by molar-refractivity contribution is -0.123. The third kappa shape index (κ3) is 1.24. The van der Waals surface area contributed by atoms with E-state index in [0.29, 0.717) is 17.7 Å². The molecule has 5 heteroatoms. The van der Waals surface area contributed by atoms with Gasteiger partial charge in [-0.3, -0.25) is 9.59 Å². The fourth-order valence-electron chi connectivity index (χ4n) is 2.25. The fourth-order valence-corrected chi connectivity index (χ4v) is 2.25. The second-order valence-corrected chi connectivity index (χ2v) is 4.35. The summed E-state index contributed by atoms with van der Waals surface area (Å²) in [5.41, 5.74) is 6.86. The van der Waals surface area contributed by atoms with E-state index < -0.39 is 0 Å². The number of imide groups is 1. The van der Waals surface area contributed by atoms with Gasteiger partial charge in [0.2, 0.25) is 11.8 Å². The van der Waals surface area contributed by atoms with Crippen molar-refractivity contribution >= 4 is 23.2 Å². The second kappa shape index (κ2) is 3.08. The lowest BCUT2D eigenvalue weighted by atomic mass is 10.1. The first-order valence-electron chi connectivity index (χ1n) is 5.31. The van der Waals surface area contributed by atoms with Gasteiger partial charge in [0, 0.05) is 0 Å². The van der Waals surface area contributed by atoms with E-state index in [0.717, 1.165) is 4.90 Å². The number of carbonyl (C=O) groups is 2. The molecule has 2 aliphatic rings. The number of hydrogen-bond acceptors (Lipinski definition) is 4. The predicted molar refractivity (Wildman–Crippen MR) is 59.7 cm³/mol. The molecule has 1 heterocycles. The zero-order valence-electron chi connectivity index (χ0n) is 8.88. The van der Waals surface area contributed by atoms with Crippen LogP contribution in [0.15, 0.2) is 18.2 Å². The quantitative estimate of drug-likeness (QED) is 0.563. The predicted octanol–water partition coefficient (Wildman–Crippen LogP) is 0.650. The summed E-state index contributed by atoms with van der Waals surface area (Å²) in [6.45, 7) is 0. The Kier molecular flexibility index (Phi) is 1.78. The van der Waals surface area contributed by atoms with E-state index in [1.807, 2.05) is 6.07 Å². The normalized spacial score (nSPS) is 25.7. The first kappa shape index (κ1) is 9.85. The Morgan fingerprint density at radius 3 is 2.47 bits per heavy atom. The molecule has 2 amide bonds. The molecule has 0 spiro atoms. The summed E-state index contributed by atoms with van der Waals surface area (Å²) in [6, 6.07) is 6.53. The number of piperidine rings is 1. The first-order valence-corrected chi connectivity index (χ1v) is 5.31. The summed E-state index contributed by atoms with van der Waals surface area (Å²) in [6.07, 6.45) is 0.671. The van der Waals surface area contributed by atoms with E-state index in [9.17, 15) is 9.59 Å². The SMILES string of the molecule is N#Cc1ccc(N2C(=O)C3CC3C2=O)c(N)c1. The number of anilines is 2. The Morgan fingerprint density at radius 1 is 1.29 bits per heavy atom. The number of nitrogen functional groups attached to an aromatic ring is 1. The van der Waals surface area contributed by atoms with Crippen molar-refractivity contribution < 1.29 is 9.59 Å². The molecule has 0 aromatic heterocycles. The Morgan fingerprint density at radius 2 is 1.94 bits per heavy atom.